The summed E-state index contributed by atoms with van der Waals surface area (Å²) in [4.78, 5) is 61.6. The molecule has 0 aliphatic carbocycles. The van der Waals surface area contributed by atoms with Crippen molar-refractivity contribution in [3.05, 3.63) is 32.6 Å². The van der Waals surface area contributed by atoms with Crippen molar-refractivity contribution in [3.8, 4) is 11.8 Å². The summed E-state index contributed by atoms with van der Waals surface area (Å²) in [5.41, 5.74) is -5.50. The first-order valence-corrected chi connectivity index (χ1v) is 13.6. The van der Waals surface area contributed by atoms with Crippen LogP contribution in [-0.2, 0) is 31.6 Å². The zero-order valence-electron chi connectivity index (χ0n) is 17.5. The van der Waals surface area contributed by atoms with E-state index in [1.54, 1.807) is 11.8 Å². The number of aryl methyl sites for hydroxylation is 1. The van der Waals surface area contributed by atoms with Crippen LogP contribution >= 0.6 is 23.5 Å². The number of rotatable bonds is 8. The number of alkyl halides is 2. The number of H-pyrrole nitrogens is 1. The number of phosphoric acid groups is 3. The van der Waals surface area contributed by atoms with Crippen molar-refractivity contribution in [2.24, 2.45) is 0 Å². The molecular formula is C14H19F2N2O14P3. The molecule has 2 rings (SSSR count). The molecule has 1 aromatic heterocycles. The molecule has 3 unspecified atom stereocenters. The summed E-state index contributed by atoms with van der Waals surface area (Å²) in [6.07, 6.45) is -8.46. The number of ether oxygens (including phenoxy) is 1. The highest BCUT2D eigenvalue weighted by atomic mass is 31.3. The van der Waals surface area contributed by atoms with Crippen molar-refractivity contribution in [2.75, 3.05) is 6.67 Å². The summed E-state index contributed by atoms with van der Waals surface area (Å²) in [6.45, 7) is 0.685. The van der Waals surface area contributed by atoms with Crippen molar-refractivity contribution in [1.82, 2.24) is 9.55 Å². The summed E-state index contributed by atoms with van der Waals surface area (Å²) >= 11 is 0. The first-order valence-electron chi connectivity index (χ1n) is 9.05. The highest BCUT2D eigenvalue weighted by Gasteiger charge is 2.60. The Hall–Kier alpha value is -1.57. The molecule has 1 aliphatic heterocycles. The van der Waals surface area contributed by atoms with Gasteiger partial charge in [0.1, 0.15) is 18.9 Å². The fraction of sp³-hybridized carbons (Fsp3) is 0.571. The predicted molar refractivity (Wildman–Crippen MR) is 108 cm³/mol. The quantitative estimate of drug-likeness (QED) is 0.171. The lowest BCUT2D eigenvalue weighted by Gasteiger charge is -2.25. The number of aliphatic hydroxyl groups is 1. The Bertz CT molecular complexity index is 1280. The van der Waals surface area contributed by atoms with Gasteiger partial charge in [-0.1, -0.05) is 11.8 Å². The van der Waals surface area contributed by atoms with Crippen LogP contribution in [0.15, 0.2) is 15.7 Å². The van der Waals surface area contributed by atoms with Crippen LogP contribution in [0.1, 0.15) is 18.8 Å². The van der Waals surface area contributed by atoms with Crippen LogP contribution in [0.2, 0.25) is 0 Å². The molecule has 1 fully saturated rings. The smallest absolute Gasteiger partial charge is 0.386 e. The van der Waals surface area contributed by atoms with Gasteiger partial charge in [0.2, 0.25) is 5.67 Å². The minimum Gasteiger partial charge on any atom is -0.386 e. The van der Waals surface area contributed by atoms with Gasteiger partial charge in [0.05, 0.1) is 6.10 Å². The molecule has 0 bridgehead atoms. The van der Waals surface area contributed by atoms with Crippen molar-refractivity contribution >= 4 is 23.5 Å². The third-order valence-electron chi connectivity index (χ3n) is 4.32. The monoisotopic (exact) mass is 570 g/mol. The number of nitrogens with one attached hydrogen (secondary N) is 1. The molecule has 0 amide bonds. The van der Waals surface area contributed by atoms with Gasteiger partial charge in [-0.3, -0.25) is 18.9 Å². The molecule has 7 atom stereocenters. The van der Waals surface area contributed by atoms with Crippen molar-refractivity contribution < 1.29 is 65.0 Å². The standard InChI is InChI=1S/C14H19F2N2O14P3/c1-7-6-9(19)17-13(21)18(7)12-14(16,4-3-5-15)11(20)10(29-12)8(2)30-34(25,26)32-35(27,28)31-33(22,23)24/h6,8,10-12,20H,5H2,1-2H3,(H,25,26)(H,27,28)(H,17,19,21)(H2,22,23,24)/t8-,10+,11?,12+,14+/m0/s1. The predicted octanol–water partition coefficient (Wildman–Crippen LogP) is -0.484. The molecule has 16 nitrogen and oxygen atoms in total. The lowest BCUT2D eigenvalue weighted by atomic mass is 9.94. The van der Waals surface area contributed by atoms with E-state index in [4.69, 9.17) is 14.5 Å². The van der Waals surface area contributed by atoms with Crippen LogP contribution in [0.5, 0.6) is 0 Å². The molecule has 0 radical (unpaired) electrons. The van der Waals surface area contributed by atoms with Crippen molar-refractivity contribution in [1.29, 1.82) is 0 Å². The number of hydrogen-bond acceptors (Lipinski definition) is 10. The van der Waals surface area contributed by atoms with Crippen LogP contribution in [0.25, 0.3) is 0 Å². The third-order valence-corrected chi connectivity index (χ3v) is 8.24. The Balaban J connectivity index is 2.40. The van der Waals surface area contributed by atoms with E-state index in [2.05, 4.69) is 13.1 Å². The molecule has 35 heavy (non-hydrogen) atoms. The topological polar surface area (TPSA) is 244 Å². The minimum absolute atomic E-state index is 0.179. The van der Waals surface area contributed by atoms with E-state index in [9.17, 15) is 42.6 Å². The first-order chi connectivity index (χ1) is 15.8. The number of hydrogen-bond donors (Lipinski definition) is 6. The molecule has 1 aliphatic rings. The average Bonchev–Trinajstić information content (AvgIpc) is 2.88. The maximum atomic E-state index is 15.8. The summed E-state index contributed by atoms with van der Waals surface area (Å²) in [7, 11) is -17.3. The molecule has 21 heteroatoms. The molecular weight excluding hydrogens is 551 g/mol. The van der Waals surface area contributed by atoms with Gasteiger partial charge in [-0.2, -0.15) is 8.62 Å². The number of aromatic amines is 1. The molecule has 198 valence electrons. The highest BCUT2D eigenvalue weighted by molar-refractivity contribution is 7.66. The zero-order valence-corrected chi connectivity index (χ0v) is 20.2. The molecule has 0 aromatic carbocycles. The van der Waals surface area contributed by atoms with Gasteiger partial charge in [-0.05, 0) is 13.8 Å². The van der Waals surface area contributed by atoms with E-state index < -0.39 is 71.6 Å². The molecule has 6 N–H and O–H groups in total. The lowest BCUT2D eigenvalue weighted by molar-refractivity contribution is -0.0787. The highest BCUT2D eigenvalue weighted by Crippen LogP contribution is 2.66. The number of halogens is 2. The van der Waals surface area contributed by atoms with E-state index in [0.29, 0.717) is 4.57 Å². The SMILES string of the molecule is Cc1cc(=O)[nH]c(=O)n1[C@@H]1O[C@H]([C@H](C)OP(=O)(O)OP(=O)(O)OP(=O)(O)O)C(O)[C@]1(F)C#CCF. The summed E-state index contributed by atoms with van der Waals surface area (Å²) in [5.74, 6) is 3.48. The molecule has 0 saturated carbocycles. The Morgan fingerprint density at radius 3 is 2.34 bits per heavy atom. The number of aliphatic hydroxyl groups excluding tert-OH is 1. The van der Waals surface area contributed by atoms with Gasteiger partial charge >= 0.3 is 29.2 Å². The first kappa shape index (κ1) is 29.7. The van der Waals surface area contributed by atoms with E-state index in [0.717, 1.165) is 13.0 Å². The number of aromatic nitrogens is 2. The maximum absolute atomic E-state index is 15.8. The Kier molecular flexibility index (Phi) is 8.84. The van der Waals surface area contributed by atoms with Crippen LogP contribution < -0.4 is 11.2 Å². The van der Waals surface area contributed by atoms with Crippen LogP contribution in [-0.4, -0.2) is 64.9 Å². The van der Waals surface area contributed by atoms with E-state index >= 15 is 4.39 Å². The minimum atomic E-state index is -5.88. The Morgan fingerprint density at radius 1 is 1.23 bits per heavy atom. The fourth-order valence-electron chi connectivity index (χ4n) is 3.11. The van der Waals surface area contributed by atoms with Crippen molar-refractivity contribution in [3.63, 3.8) is 0 Å². The second-order valence-electron chi connectivity index (χ2n) is 6.95. The number of nitrogens with zero attached hydrogens (tertiary/aromatic N) is 1. The molecule has 1 saturated heterocycles. The van der Waals surface area contributed by atoms with Gasteiger partial charge in [-0.25, -0.2) is 27.3 Å². The second kappa shape index (κ2) is 10.4. The fourth-order valence-corrected chi connectivity index (χ4v) is 6.31. The molecule has 1 aromatic rings. The van der Waals surface area contributed by atoms with Crippen molar-refractivity contribution in [2.45, 2.75) is 44.1 Å². The third kappa shape index (κ3) is 7.23. The van der Waals surface area contributed by atoms with Gasteiger partial charge in [0, 0.05) is 11.8 Å². The van der Waals surface area contributed by atoms with Crippen LogP contribution in [0, 0.1) is 18.8 Å². The van der Waals surface area contributed by atoms with E-state index in [-0.39, 0.29) is 5.69 Å². The maximum Gasteiger partial charge on any atom is 0.490 e. The van der Waals surface area contributed by atoms with E-state index in [1.165, 1.54) is 6.92 Å². The zero-order chi connectivity index (χ0) is 27.0. The van der Waals surface area contributed by atoms with E-state index in [1.807, 2.05) is 4.98 Å². The molecule has 2 heterocycles. The normalized spacial score (nSPS) is 29.0. The number of phosphoric ester groups is 1. The van der Waals surface area contributed by atoms with Gasteiger partial charge < -0.3 is 29.4 Å². The summed E-state index contributed by atoms with van der Waals surface area (Å²) in [6, 6.07) is 0.864. The van der Waals surface area contributed by atoms with Gasteiger partial charge in [0.15, 0.2) is 6.23 Å². The van der Waals surface area contributed by atoms with Crippen LogP contribution in [0.3, 0.4) is 0 Å². The van der Waals surface area contributed by atoms with Gasteiger partial charge in [-0.15, -0.1) is 0 Å². The average molecular weight is 570 g/mol. The summed E-state index contributed by atoms with van der Waals surface area (Å²) in [5, 5.41) is 10.5. The largest absolute Gasteiger partial charge is 0.490 e. The summed E-state index contributed by atoms with van der Waals surface area (Å²) < 4.78 is 80.1. The second-order valence-corrected chi connectivity index (χ2v) is 11.3. The molecule has 0 spiro atoms. The Morgan fingerprint density at radius 2 is 1.83 bits per heavy atom. The van der Waals surface area contributed by atoms with Crippen LogP contribution in [0.4, 0.5) is 8.78 Å². The lowest BCUT2D eigenvalue weighted by Crippen LogP contribution is -2.46. The van der Waals surface area contributed by atoms with Gasteiger partial charge in [0.25, 0.3) is 5.56 Å². The Labute approximate surface area is 193 Å².